The van der Waals surface area contributed by atoms with E-state index in [0.29, 0.717) is 28.7 Å². The summed E-state index contributed by atoms with van der Waals surface area (Å²) in [6, 6.07) is 9.10. The topological polar surface area (TPSA) is 104 Å². The minimum atomic E-state index is -0.200. The van der Waals surface area contributed by atoms with Crippen LogP contribution in [0.5, 0.6) is 11.5 Å². The molecular formula is C20H18N6O3S. The molecule has 30 heavy (non-hydrogen) atoms. The Morgan fingerprint density at radius 1 is 1.20 bits per heavy atom. The van der Waals surface area contributed by atoms with Crippen molar-refractivity contribution in [3.8, 4) is 27.9 Å². The van der Waals surface area contributed by atoms with E-state index in [4.69, 9.17) is 9.47 Å². The van der Waals surface area contributed by atoms with E-state index in [1.807, 2.05) is 23.6 Å². The number of carbonyl (C=O) groups is 1. The molecule has 0 radical (unpaired) electrons. The molecule has 0 saturated heterocycles. The fraction of sp³-hybridized carbons (Fsp3) is 0.150. The fourth-order valence-electron chi connectivity index (χ4n) is 2.84. The molecule has 0 spiro atoms. The Labute approximate surface area is 176 Å². The van der Waals surface area contributed by atoms with Crippen molar-refractivity contribution in [3.05, 3.63) is 60.3 Å². The van der Waals surface area contributed by atoms with Crippen LogP contribution in [0.1, 0.15) is 5.69 Å². The zero-order valence-corrected chi connectivity index (χ0v) is 17.1. The second-order valence-corrected chi connectivity index (χ2v) is 7.01. The molecule has 4 rings (SSSR count). The summed E-state index contributed by atoms with van der Waals surface area (Å²) in [6.07, 6.45) is 4.69. The van der Waals surface area contributed by atoms with Gasteiger partial charge in [-0.05, 0) is 30.3 Å². The smallest absolute Gasteiger partial charge is 0.230 e. The van der Waals surface area contributed by atoms with Crippen molar-refractivity contribution in [3.63, 3.8) is 0 Å². The van der Waals surface area contributed by atoms with Gasteiger partial charge in [0.25, 0.3) is 0 Å². The maximum atomic E-state index is 12.6. The Bertz CT molecular complexity index is 1160. The number of nitrogens with zero attached hydrogens (tertiary/aromatic N) is 5. The largest absolute Gasteiger partial charge is 0.493 e. The molecule has 0 atom stereocenters. The van der Waals surface area contributed by atoms with Crippen molar-refractivity contribution >= 4 is 22.9 Å². The molecule has 3 heterocycles. The normalized spacial score (nSPS) is 10.6. The Morgan fingerprint density at radius 2 is 2.07 bits per heavy atom. The summed E-state index contributed by atoms with van der Waals surface area (Å²) in [5.74, 6) is 1.57. The summed E-state index contributed by atoms with van der Waals surface area (Å²) in [4.78, 5) is 25.3. The highest BCUT2D eigenvalue weighted by molar-refractivity contribution is 7.13. The molecule has 0 fully saturated rings. The first-order valence-corrected chi connectivity index (χ1v) is 9.82. The number of rotatable bonds is 7. The molecule has 0 aliphatic heterocycles. The highest BCUT2D eigenvalue weighted by atomic mass is 32.1. The lowest BCUT2D eigenvalue weighted by Crippen LogP contribution is -2.17. The number of thiazole rings is 1. The van der Waals surface area contributed by atoms with Gasteiger partial charge in [0.1, 0.15) is 17.7 Å². The van der Waals surface area contributed by atoms with Crippen LogP contribution in [0.25, 0.3) is 16.4 Å². The molecular weight excluding hydrogens is 404 g/mol. The SMILES string of the molecule is COc1ccc(-c2nc(CC(=O)Nc3cccnc3-n3cncn3)cs2)cc1OC. The highest BCUT2D eigenvalue weighted by Gasteiger charge is 2.14. The van der Waals surface area contributed by atoms with Gasteiger partial charge in [0.2, 0.25) is 5.91 Å². The quantitative estimate of drug-likeness (QED) is 0.488. The number of methoxy groups -OCH3 is 2. The Morgan fingerprint density at radius 3 is 2.83 bits per heavy atom. The Balaban J connectivity index is 1.48. The van der Waals surface area contributed by atoms with E-state index in [-0.39, 0.29) is 12.3 Å². The number of amides is 1. The molecule has 9 nitrogen and oxygen atoms in total. The van der Waals surface area contributed by atoms with Crippen LogP contribution in [0.4, 0.5) is 5.69 Å². The molecule has 1 aromatic carbocycles. The number of hydrogen-bond donors (Lipinski definition) is 1. The third-order valence-electron chi connectivity index (χ3n) is 4.22. The number of aromatic nitrogens is 5. The van der Waals surface area contributed by atoms with E-state index >= 15 is 0 Å². The summed E-state index contributed by atoms with van der Waals surface area (Å²) < 4.78 is 12.1. The van der Waals surface area contributed by atoms with Crippen LogP contribution < -0.4 is 14.8 Å². The minimum Gasteiger partial charge on any atom is -0.493 e. The first-order valence-electron chi connectivity index (χ1n) is 8.94. The van der Waals surface area contributed by atoms with E-state index in [1.54, 1.807) is 32.5 Å². The van der Waals surface area contributed by atoms with Crippen LogP contribution in [-0.4, -0.2) is 44.9 Å². The predicted octanol–water partition coefficient (Wildman–Crippen LogP) is 2.98. The van der Waals surface area contributed by atoms with Crippen LogP contribution >= 0.6 is 11.3 Å². The van der Waals surface area contributed by atoms with Gasteiger partial charge in [-0.1, -0.05) is 0 Å². The minimum absolute atomic E-state index is 0.134. The predicted molar refractivity (Wildman–Crippen MR) is 112 cm³/mol. The number of anilines is 1. The maximum Gasteiger partial charge on any atom is 0.230 e. The van der Waals surface area contributed by atoms with Crippen molar-refractivity contribution in [2.24, 2.45) is 0 Å². The average Bonchev–Trinajstić information content (AvgIpc) is 3.46. The standard InChI is InChI=1S/C20H18N6O3S/c1-28-16-6-5-13(8-17(16)29-2)20-24-14(10-30-20)9-18(27)25-15-4-3-7-22-19(15)26-12-21-11-23-26/h3-8,10-12H,9H2,1-2H3,(H,25,27). The molecule has 0 bridgehead atoms. The summed E-state index contributed by atoms with van der Waals surface area (Å²) in [5, 5.41) is 9.59. The lowest BCUT2D eigenvalue weighted by Gasteiger charge is -2.09. The van der Waals surface area contributed by atoms with Gasteiger partial charge in [-0.15, -0.1) is 11.3 Å². The van der Waals surface area contributed by atoms with Crippen LogP contribution in [0.15, 0.2) is 54.6 Å². The van der Waals surface area contributed by atoms with Crippen molar-refractivity contribution in [1.29, 1.82) is 0 Å². The van der Waals surface area contributed by atoms with Gasteiger partial charge in [-0.25, -0.2) is 19.6 Å². The highest BCUT2D eigenvalue weighted by Crippen LogP contribution is 2.33. The van der Waals surface area contributed by atoms with E-state index in [0.717, 1.165) is 10.6 Å². The van der Waals surface area contributed by atoms with Gasteiger partial charge >= 0.3 is 0 Å². The van der Waals surface area contributed by atoms with Crippen LogP contribution in [0.2, 0.25) is 0 Å². The molecule has 4 aromatic rings. The van der Waals surface area contributed by atoms with Crippen molar-refractivity contribution < 1.29 is 14.3 Å². The third kappa shape index (κ3) is 4.13. The molecule has 0 unspecified atom stereocenters. The Hall–Kier alpha value is -3.79. The zero-order chi connectivity index (χ0) is 20.9. The lowest BCUT2D eigenvalue weighted by atomic mass is 10.2. The van der Waals surface area contributed by atoms with E-state index < -0.39 is 0 Å². The van der Waals surface area contributed by atoms with Gasteiger partial charge in [-0.2, -0.15) is 5.10 Å². The van der Waals surface area contributed by atoms with Crippen molar-refractivity contribution in [1.82, 2.24) is 24.7 Å². The zero-order valence-electron chi connectivity index (χ0n) is 16.3. The average molecular weight is 422 g/mol. The van der Waals surface area contributed by atoms with Gasteiger partial charge in [0, 0.05) is 17.1 Å². The number of carbonyl (C=O) groups excluding carboxylic acids is 1. The van der Waals surface area contributed by atoms with Gasteiger partial charge in [-0.3, -0.25) is 4.79 Å². The van der Waals surface area contributed by atoms with E-state index in [9.17, 15) is 4.79 Å². The maximum absolute atomic E-state index is 12.6. The summed E-state index contributed by atoms with van der Waals surface area (Å²) >= 11 is 1.46. The van der Waals surface area contributed by atoms with E-state index in [2.05, 4.69) is 25.4 Å². The number of hydrogen-bond acceptors (Lipinski definition) is 8. The Kier molecular flexibility index (Phi) is 5.66. The van der Waals surface area contributed by atoms with Crippen LogP contribution in [0.3, 0.4) is 0 Å². The number of ether oxygens (including phenoxy) is 2. The van der Waals surface area contributed by atoms with Gasteiger partial charge in [0.15, 0.2) is 17.3 Å². The number of benzene rings is 1. The fourth-order valence-corrected chi connectivity index (χ4v) is 3.66. The molecule has 1 N–H and O–H groups in total. The van der Waals surface area contributed by atoms with Gasteiger partial charge < -0.3 is 14.8 Å². The molecule has 1 amide bonds. The first kappa shape index (κ1) is 19.5. The van der Waals surface area contributed by atoms with Crippen LogP contribution in [-0.2, 0) is 11.2 Å². The second-order valence-electron chi connectivity index (χ2n) is 6.15. The summed E-state index contributed by atoms with van der Waals surface area (Å²) in [6.45, 7) is 0. The lowest BCUT2D eigenvalue weighted by molar-refractivity contribution is -0.115. The number of pyridine rings is 1. The monoisotopic (exact) mass is 422 g/mol. The molecule has 0 aliphatic rings. The van der Waals surface area contributed by atoms with E-state index in [1.165, 1.54) is 28.7 Å². The second kappa shape index (κ2) is 8.70. The molecule has 152 valence electrons. The van der Waals surface area contributed by atoms with Gasteiger partial charge in [0.05, 0.1) is 32.0 Å². The van der Waals surface area contributed by atoms with Crippen LogP contribution in [0, 0.1) is 0 Å². The summed E-state index contributed by atoms with van der Waals surface area (Å²) in [7, 11) is 3.18. The van der Waals surface area contributed by atoms with Crippen molar-refractivity contribution in [2.75, 3.05) is 19.5 Å². The molecule has 3 aromatic heterocycles. The molecule has 10 heteroatoms. The first-order chi connectivity index (χ1) is 14.7. The summed E-state index contributed by atoms with van der Waals surface area (Å²) in [5.41, 5.74) is 2.11. The number of nitrogens with one attached hydrogen (secondary N) is 1. The molecule has 0 saturated carbocycles. The van der Waals surface area contributed by atoms with Crippen molar-refractivity contribution in [2.45, 2.75) is 6.42 Å². The molecule has 0 aliphatic carbocycles. The third-order valence-corrected chi connectivity index (χ3v) is 5.16.